The summed E-state index contributed by atoms with van der Waals surface area (Å²) in [6.07, 6.45) is 0. The van der Waals surface area contributed by atoms with Crippen molar-refractivity contribution in [3.05, 3.63) is 35.9 Å². The van der Waals surface area contributed by atoms with Gasteiger partial charge in [-0.05, 0) is 18.4 Å². The van der Waals surface area contributed by atoms with E-state index in [4.69, 9.17) is 5.26 Å². The molecule has 0 saturated carbocycles. The van der Waals surface area contributed by atoms with E-state index in [9.17, 15) is 5.11 Å². The van der Waals surface area contributed by atoms with Crippen LogP contribution in [0.3, 0.4) is 0 Å². The van der Waals surface area contributed by atoms with Crippen LogP contribution in [0.25, 0.3) is 10.8 Å². The van der Waals surface area contributed by atoms with Crippen molar-refractivity contribution >= 4 is 22.8 Å². The SMILES string of the molecule is Cc1c(SOOO)cc2ccccc2c1O. The Labute approximate surface area is 96.5 Å². The fourth-order valence-corrected chi connectivity index (χ4v) is 2.05. The number of hydrogen-bond donors (Lipinski definition) is 2. The van der Waals surface area contributed by atoms with Crippen LogP contribution in [-0.4, -0.2) is 10.4 Å². The molecule has 2 aromatic rings. The zero-order valence-electron chi connectivity index (χ0n) is 8.51. The van der Waals surface area contributed by atoms with Gasteiger partial charge in [0.1, 0.15) is 5.75 Å². The first kappa shape index (κ1) is 11.2. The maximum absolute atomic E-state index is 9.97. The van der Waals surface area contributed by atoms with Crippen molar-refractivity contribution in [2.75, 3.05) is 0 Å². The maximum Gasteiger partial charge on any atom is 0.127 e. The topological polar surface area (TPSA) is 58.9 Å². The predicted octanol–water partition coefficient (Wildman–Crippen LogP) is 3.28. The number of hydrogen-bond acceptors (Lipinski definition) is 5. The summed E-state index contributed by atoms with van der Waals surface area (Å²) in [5, 5.41) is 23.3. The Balaban J connectivity index is 2.55. The molecule has 0 amide bonds. The second-order valence-corrected chi connectivity index (χ2v) is 4.04. The number of rotatable bonds is 3. The third-order valence-electron chi connectivity index (χ3n) is 2.38. The minimum absolute atomic E-state index is 0.210. The first-order valence-electron chi connectivity index (χ1n) is 4.60. The zero-order chi connectivity index (χ0) is 11.5. The summed E-state index contributed by atoms with van der Waals surface area (Å²) in [5.74, 6) is 0.210. The smallest absolute Gasteiger partial charge is 0.127 e. The average molecular weight is 238 g/mol. The van der Waals surface area contributed by atoms with E-state index in [-0.39, 0.29) is 5.75 Å². The Hall–Kier alpha value is -1.27. The lowest BCUT2D eigenvalue weighted by Crippen LogP contribution is -1.86. The van der Waals surface area contributed by atoms with Gasteiger partial charge in [0.25, 0.3) is 0 Å². The second-order valence-electron chi connectivity index (χ2n) is 3.30. The molecule has 84 valence electrons. The van der Waals surface area contributed by atoms with Crippen LogP contribution in [0.5, 0.6) is 5.75 Å². The Kier molecular flexibility index (Phi) is 3.31. The van der Waals surface area contributed by atoms with Crippen molar-refractivity contribution in [1.82, 2.24) is 0 Å². The molecule has 2 rings (SSSR count). The summed E-state index contributed by atoms with van der Waals surface area (Å²) in [6, 6.07) is 9.33. The van der Waals surface area contributed by atoms with Crippen LogP contribution in [0.4, 0.5) is 0 Å². The largest absolute Gasteiger partial charge is 0.507 e. The third-order valence-corrected chi connectivity index (χ3v) is 3.11. The molecule has 16 heavy (non-hydrogen) atoms. The van der Waals surface area contributed by atoms with Crippen LogP contribution < -0.4 is 0 Å². The van der Waals surface area contributed by atoms with Gasteiger partial charge < -0.3 is 5.11 Å². The zero-order valence-corrected chi connectivity index (χ0v) is 9.32. The van der Waals surface area contributed by atoms with Crippen molar-refractivity contribution in [2.45, 2.75) is 11.8 Å². The van der Waals surface area contributed by atoms with Crippen molar-refractivity contribution in [3.63, 3.8) is 0 Å². The quantitative estimate of drug-likeness (QED) is 0.488. The van der Waals surface area contributed by atoms with Crippen molar-refractivity contribution < 1.29 is 19.7 Å². The van der Waals surface area contributed by atoms with Gasteiger partial charge >= 0.3 is 0 Å². The van der Waals surface area contributed by atoms with Crippen molar-refractivity contribution in [1.29, 1.82) is 0 Å². The van der Waals surface area contributed by atoms with E-state index in [0.29, 0.717) is 10.5 Å². The molecule has 0 aromatic heterocycles. The Morgan fingerprint density at radius 1 is 1.25 bits per heavy atom. The van der Waals surface area contributed by atoms with Crippen LogP contribution in [0.15, 0.2) is 35.2 Å². The highest BCUT2D eigenvalue weighted by Gasteiger charge is 2.10. The number of phenols is 1. The van der Waals surface area contributed by atoms with E-state index in [0.717, 1.165) is 22.8 Å². The number of aromatic hydroxyl groups is 1. The molecule has 0 heterocycles. The lowest BCUT2D eigenvalue weighted by molar-refractivity contribution is -0.432. The molecule has 0 aliphatic rings. The van der Waals surface area contributed by atoms with Gasteiger partial charge in [0.05, 0.1) is 12.0 Å². The molecule has 0 unspecified atom stereocenters. The summed E-state index contributed by atoms with van der Waals surface area (Å²) < 4.78 is 4.37. The number of phenolic OH excluding ortho intramolecular Hbond substituents is 1. The fraction of sp³-hybridized carbons (Fsp3) is 0.0909. The maximum atomic E-state index is 9.97. The van der Waals surface area contributed by atoms with E-state index in [1.807, 2.05) is 30.3 Å². The van der Waals surface area contributed by atoms with E-state index >= 15 is 0 Å². The highest BCUT2D eigenvalue weighted by Crippen LogP contribution is 2.36. The summed E-state index contributed by atoms with van der Waals surface area (Å²) in [5.41, 5.74) is 0.681. The molecule has 2 aromatic carbocycles. The highest BCUT2D eigenvalue weighted by atomic mass is 32.2. The fourth-order valence-electron chi connectivity index (χ4n) is 1.55. The summed E-state index contributed by atoms with van der Waals surface area (Å²) in [6.45, 7) is 1.77. The average Bonchev–Trinajstić information content (AvgIpc) is 2.32. The highest BCUT2D eigenvalue weighted by molar-refractivity contribution is 7.94. The van der Waals surface area contributed by atoms with E-state index in [2.05, 4.69) is 9.37 Å². The lowest BCUT2D eigenvalue weighted by atomic mass is 10.1. The van der Waals surface area contributed by atoms with Crippen LogP contribution >= 0.6 is 12.0 Å². The molecule has 0 aliphatic heterocycles. The van der Waals surface area contributed by atoms with Gasteiger partial charge in [0.15, 0.2) is 0 Å². The Bertz CT molecular complexity index is 513. The minimum atomic E-state index is 0.210. The molecule has 0 bridgehead atoms. The van der Waals surface area contributed by atoms with E-state index in [1.165, 1.54) is 0 Å². The van der Waals surface area contributed by atoms with Gasteiger partial charge in [0.2, 0.25) is 0 Å². The Morgan fingerprint density at radius 2 is 2.00 bits per heavy atom. The second kappa shape index (κ2) is 4.71. The normalized spacial score (nSPS) is 10.9. The molecular weight excluding hydrogens is 228 g/mol. The Morgan fingerprint density at radius 3 is 2.75 bits per heavy atom. The summed E-state index contributed by atoms with van der Waals surface area (Å²) >= 11 is 0.844. The van der Waals surface area contributed by atoms with Crippen LogP contribution in [0.1, 0.15) is 5.56 Å². The van der Waals surface area contributed by atoms with Gasteiger partial charge in [-0.25, -0.2) is 5.26 Å². The first-order valence-corrected chi connectivity index (χ1v) is 5.34. The molecule has 0 saturated heterocycles. The van der Waals surface area contributed by atoms with Crippen LogP contribution in [-0.2, 0) is 9.37 Å². The molecule has 5 heteroatoms. The molecule has 0 aliphatic carbocycles. The molecule has 4 nitrogen and oxygen atoms in total. The third kappa shape index (κ3) is 1.98. The van der Waals surface area contributed by atoms with Gasteiger partial charge in [0, 0.05) is 15.8 Å². The molecule has 0 radical (unpaired) electrons. The number of fused-ring (bicyclic) bond motifs is 1. The first-order chi connectivity index (χ1) is 7.74. The summed E-state index contributed by atoms with van der Waals surface area (Å²) in [4.78, 5) is 0.685. The van der Waals surface area contributed by atoms with E-state index < -0.39 is 0 Å². The monoisotopic (exact) mass is 238 g/mol. The van der Waals surface area contributed by atoms with Crippen LogP contribution in [0.2, 0.25) is 0 Å². The molecule has 0 fully saturated rings. The minimum Gasteiger partial charge on any atom is -0.507 e. The van der Waals surface area contributed by atoms with Gasteiger partial charge in [-0.1, -0.05) is 29.3 Å². The predicted molar refractivity (Wildman–Crippen MR) is 61.0 cm³/mol. The standard InChI is InChI=1S/C11H10O4S/c1-7-10(16-15-14-13)6-8-4-2-3-5-9(8)11(7)12/h2-6,12-13H,1H3. The van der Waals surface area contributed by atoms with Crippen molar-refractivity contribution in [2.24, 2.45) is 0 Å². The molecule has 0 atom stereocenters. The number of benzene rings is 2. The van der Waals surface area contributed by atoms with Crippen LogP contribution in [0, 0.1) is 6.92 Å². The van der Waals surface area contributed by atoms with Gasteiger partial charge in [-0.2, -0.15) is 0 Å². The van der Waals surface area contributed by atoms with Gasteiger partial charge in [-0.3, -0.25) is 0 Å². The van der Waals surface area contributed by atoms with E-state index in [1.54, 1.807) is 6.92 Å². The van der Waals surface area contributed by atoms with Crippen molar-refractivity contribution in [3.8, 4) is 5.75 Å². The lowest BCUT2D eigenvalue weighted by Gasteiger charge is -2.08. The summed E-state index contributed by atoms with van der Waals surface area (Å²) in [7, 11) is 0. The van der Waals surface area contributed by atoms with Gasteiger partial charge in [-0.15, -0.1) is 4.33 Å². The molecular formula is C11H10O4S. The molecule has 2 N–H and O–H groups in total. The molecule has 0 spiro atoms.